The number of nitrogens with one attached hydrogen (secondary N) is 2. The Morgan fingerprint density at radius 1 is 0.971 bits per heavy atom. The van der Waals surface area contributed by atoms with Crippen molar-refractivity contribution in [1.82, 2.24) is 14.5 Å². The standard InChI is InChI=1S/C23H21N5O3S3/c1-14(29)15-3-5-16(6-4-15)25-21(31)13-33-23-27-18-8-7-17(11-19(18)34-23)26-20(30)12-32-22-24-9-10-28(22)2/h3-11H,12-13H2,1-2H3,(H,25,31)(H,26,30). The number of aryl methyl sites for hydroxylation is 1. The quantitative estimate of drug-likeness (QED) is 0.248. The molecule has 2 N–H and O–H groups in total. The van der Waals surface area contributed by atoms with Gasteiger partial charge in [-0.3, -0.25) is 14.4 Å². The van der Waals surface area contributed by atoms with E-state index in [0.29, 0.717) is 16.9 Å². The van der Waals surface area contributed by atoms with Crippen LogP contribution in [0.4, 0.5) is 11.4 Å². The minimum atomic E-state index is -0.155. The highest BCUT2D eigenvalue weighted by Crippen LogP contribution is 2.31. The van der Waals surface area contributed by atoms with Crippen molar-refractivity contribution in [3.63, 3.8) is 0 Å². The van der Waals surface area contributed by atoms with Crippen molar-refractivity contribution in [3.05, 3.63) is 60.4 Å². The smallest absolute Gasteiger partial charge is 0.234 e. The van der Waals surface area contributed by atoms with E-state index in [1.54, 1.807) is 30.5 Å². The summed E-state index contributed by atoms with van der Waals surface area (Å²) in [5.74, 6) is 0.189. The van der Waals surface area contributed by atoms with Gasteiger partial charge in [0.25, 0.3) is 0 Å². The maximum atomic E-state index is 12.3. The average Bonchev–Trinajstić information content (AvgIpc) is 3.41. The summed E-state index contributed by atoms with van der Waals surface area (Å²) in [6.45, 7) is 1.50. The number of thioether (sulfide) groups is 2. The number of hydrogen-bond donors (Lipinski definition) is 2. The Morgan fingerprint density at radius 3 is 2.32 bits per heavy atom. The largest absolute Gasteiger partial charge is 0.329 e. The number of carbonyl (C=O) groups is 3. The van der Waals surface area contributed by atoms with E-state index in [9.17, 15) is 14.4 Å². The van der Waals surface area contributed by atoms with Gasteiger partial charge < -0.3 is 15.2 Å². The number of imidazole rings is 1. The molecule has 0 fully saturated rings. The molecule has 0 radical (unpaired) electrons. The Bertz CT molecular complexity index is 1350. The zero-order chi connectivity index (χ0) is 24.1. The number of aromatic nitrogens is 3. The molecule has 4 aromatic rings. The van der Waals surface area contributed by atoms with Crippen LogP contribution in [0.5, 0.6) is 0 Å². The zero-order valence-corrected chi connectivity index (χ0v) is 20.9. The molecule has 2 heterocycles. The first kappa shape index (κ1) is 24.0. The molecule has 34 heavy (non-hydrogen) atoms. The average molecular weight is 512 g/mol. The molecule has 0 saturated heterocycles. The van der Waals surface area contributed by atoms with Gasteiger partial charge in [-0.05, 0) is 49.4 Å². The van der Waals surface area contributed by atoms with Gasteiger partial charge >= 0.3 is 0 Å². The van der Waals surface area contributed by atoms with E-state index in [1.165, 1.54) is 41.8 Å². The molecule has 0 spiro atoms. The van der Waals surface area contributed by atoms with Crippen LogP contribution in [0.25, 0.3) is 10.2 Å². The number of fused-ring (bicyclic) bond motifs is 1. The maximum absolute atomic E-state index is 12.3. The first-order chi connectivity index (χ1) is 16.4. The molecule has 4 rings (SSSR count). The number of rotatable bonds is 9. The molecule has 0 atom stereocenters. The van der Waals surface area contributed by atoms with Crippen molar-refractivity contribution < 1.29 is 14.4 Å². The van der Waals surface area contributed by atoms with Crippen molar-refractivity contribution in [1.29, 1.82) is 0 Å². The van der Waals surface area contributed by atoms with Gasteiger partial charge in [0.2, 0.25) is 11.8 Å². The third-order valence-corrected chi connectivity index (χ3v) is 7.88. The highest BCUT2D eigenvalue weighted by Gasteiger charge is 2.11. The fraction of sp³-hybridized carbons (Fsp3) is 0.174. The number of Topliss-reactive ketones (excluding diaryl/α,β-unsaturated/α-hetero) is 1. The maximum Gasteiger partial charge on any atom is 0.234 e. The van der Waals surface area contributed by atoms with Crippen LogP contribution in [-0.2, 0) is 16.6 Å². The molecule has 174 valence electrons. The Kier molecular flexibility index (Phi) is 7.66. The molecule has 0 aliphatic rings. The van der Waals surface area contributed by atoms with Gasteiger partial charge in [0.05, 0.1) is 21.7 Å². The Balaban J connectivity index is 1.30. The number of benzene rings is 2. The SMILES string of the molecule is CC(=O)c1ccc(NC(=O)CSc2nc3ccc(NC(=O)CSc4nccn4C)cc3s2)cc1. The van der Waals surface area contributed by atoms with Crippen LogP contribution in [0.2, 0.25) is 0 Å². The molecular formula is C23H21N5O3S3. The highest BCUT2D eigenvalue weighted by molar-refractivity contribution is 8.01. The van der Waals surface area contributed by atoms with Gasteiger partial charge in [-0.25, -0.2) is 9.97 Å². The first-order valence-electron chi connectivity index (χ1n) is 10.2. The molecule has 0 saturated carbocycles. The Morgan fingerprint density at radius 2 is 1.65 bits per heavy atom. The second-order valence-electron chi connectivity index (χ2n) is 7.29. The van der Waals surface area contributed by atoms with Crippen LogP contribution in [0.1, 0.15) is 17.3 Å². The summed E-state index contributed by atoms with van der Waals surface area (Å²) >= 11 is 4.19. The van der Waals surface area contributed by atoms with E-state index in [4.69, 9.17) is 0 Å². The van der Waals surface area contributed by atoms with Gasteiger partial charge in [0, 0.05) is 36.4 Å². The summed E-state index contributed by atoms with van der Waals surface area (Å²) < 4.78 is 3.56. The Hall–Kier alpha value is -3.15. The lowest BCUT2D eigenvalue weighted by molar-refractivity contribution is -0.114. The summed E-state index contributed by atoms with van der Waals surface area (Å²) in [5.41, 5.74) is 2.75. The van der Waals surface area contributed by atoms with Gasteiger partial charge in [0.15, 0.2) is 15.3 Å². The van der Waals surface area contributed by atoms with E-state index in [0.717, 1.165) is 19.7 Å². The minimum Gasteiger partial charge on any atom is -0.329 e. The lowest BCUT2D eigenvalue weighted by atomic mass is 10.1. The number of ketones is 1. The fourth-order valence-corrected chi connectivity index (χ4v) is 5.61. The van der Waals surface area contributed by atoms with Crippen molar-refractivity contribution in [2.24, 2.45) is 7.05 Å². The molecule has 0 bridgehead atoms. The molecule has 8 nitrogen and oxygen atoms in total. The summed E-state index contributed by atoms with van der Waals surface area (Å²) in [6, 6.07) is 12.4. The summed E-state index contributed by atoms with van der Waals surface area (Å²) in [7, 11) is 1.89. The van der Waals surface area contributed by atoms with E-state index in [1.807, 2.05) is 36.0 Å². The highest BCUT2D eigenvalue weighted by atomic mass is 32.2. The van der Waals surface area contributed by atoms with Crippen molar-refractivity contribution in [2.45, 2.75) is 16.4 Å². The number of thiazole rings is 1. The van der Waals surface area contributed by atoms with E-state index in [-0.39, 0.29) is 29.1 Å². The molecular weight excluding hydrogens is 490 g/mol. The number of hydrogen-bond acceptors (Lipinski definition) is 8. The normalized spacial score (nSPS) is 10.9. The number of anilines is 2. The van der Waals surface area contributed by atoms with Crippen molar-refractivity contribution >= 4 is 74.0 Å². The molecule has 11 heteroatoms. The number of nitrogens with zero attached hydrogens (tertiary/aromatic N) is 3. The van der Waals surface area contributed by atoms with Gasteiger partial charge in [-0.2, -0.15) is 0 Å². The topological polar surface area (TPSA) is 106 Å². The lowest BCUT2D eigenvalue weighted by Crippen LogP contribution is -2.14. The zero-order valence-electron chi connectivity index (χ0n) is 18.4. The van der Waals surface area contributed by atoms with E-state index >= 15 is 0 Å². The molecule has 2 amide bonds. The molecule has 0 aliphatic heterocycles. The second-order valence-corrected chi connectivity index (χ2v) is 10.5. The van der Waals surface area contributed by atoms with Gasteiger partial charge in [-0.15, -0.1) is 11.3 Å². The minimum absolute atomic E-state index is 0.0182. The van der Waals surface area contributed by atoms with Crippen LogP contribution < -0.4 is 10.6 Å². The van der Waals surface area contributed by atoms with Crippen LogP contribution in [0.3, 0.4) is 0 Å². The van der Waals surface area contributed by atoms with Crippen LogP contribution >= 0.6 is 34.9 Å². The lowest BCUT2D eigenvalue weighted by Gasteiger charge is -2.05. The summed E-state index contributed by atoms with van der Waals surface area (Å²) in [4.78, 5) is 44.7. The predicted molar refractivity (Wildman–Crippen MR) is 138 cm³/mol. The van der Waals surface area contributed by atoms with Crippen LogP contribution in [-0.4, -0.2) is 43.6 Å². The molecule has 0 unspecified atom stereocenters. The third-order valence-electron chi connectivity index (χ3n) is 4.66. The second kappa shape index (κ2) is 10.9. The van der Waals surface area contributed by atoms with Crippen LogP contribution in [0.15, 0.2) is 64.4 Å². The van der Waals surface area contributed by atoms with Crippen LogP contribution in [0, 0.1) is 0 Å². The summed E-state index contributed by atoms with van der Waals surface area (Å²) in [6.07, 6.45) is 3.54. The summed E-state index contributed by atoms with van der Waals surface area (Å²) in [5, 5.41) is 6.51. The predicted octanol–water partition coefficient (Wildman–Crippen LogP) is 4.69. The van der Waals surface area contributed by atoms with E-state index in [2.05, 4.69) is 20.6 Å². The Labute approximate surface area is 208 Å². The first-order valence-corrected chi connectivity index (χ1v) is 13.0. The van der Waals surface area contributed by atoms with Crippen molar-refractivity contribution in [3.8, 4) is 0 Å². The third kappa shape index (κ3) is 6.25. The monoisotopic (exact) mass is 511 g/mol. The van der Waals surface area contributed by atoms with Gasteiger partial charge in [0.1, 0.15) is 0 Å². The molecule has 2 aromatic carbocycles. The van der Waals surface area contributed by atoms with Gasteiger partial charge in [-0.1, -0.05) is 23.5 Å². The molecule has 0 aliphatic carbocycles. The van der Waals surface area contributed by atoms with E-state index < -0.39 is 0 Å². The fourth-order valence-electron chi connectivity index (χ4n) is 2.97. The van der Waals surface area contributed by atoms with Crippen molar-refractivity contribution in [2.75, 3.05) is 22.1 Å². The molecule has 2 aromatic heterocycles. The number of amides is 2. The number of carbonyl (C=O) groups excluding carboxylic acids is 3.